The Labute approximate surface area is 160 Å². The molecule has 1 aliphatic heterocycles. The molecule has 4 rings (SSSR count). The first-order chi connectivity index (χ1) is 12.6. The van der Waals surface area contributed by atoms with Crippen molar-refractivity contribution < 1.29 is 0 Å². The normalized spacial score (nSPS) is 15.1. The van der Waals surface area contributed by atoms with Gasteiger partial charge in [0.05, 0.1) is 5.39 Å². The van der Waals surface area contributed by atoms with Crippen molar-refractivity contribution in [1.82, 2.24) is 14.6 Å². The highest BCUT2D eigenvalue weighted by Gasteiger charge is 2.17. The number of fused-ring (bicyclic) bond motifs is 1. The molecule has 1 saturated heterocycles. The van der Waals surface area contributed by atoms with Gasteiger partial charge in [0.2, 0.25) is 0 Å². The summed E-state index contributed by atoms with van der Waals surface area (Å²) in [7, 11) is 0. The van der Waals surface area contributed by atoms with Crippen LogP contribution >= 0.6 is 23.1 Å². The Bertz CT molecular complexity index is 972. The van der Waals surface area contributed by atoms with Gasteiger partial charge < -0.3 is 10.7 Å². The summed E-state index contributed by atoms with van der Waals surface area (Å²) in [5.74, 6) is 6.98. The molecule has 0 amide bonds. The fourth-order valence-electron chi connectivity index (χ4n) is 3.30. The zero-order valence-electron chi connectivity index (χ0n) is 14.8. The fourth-order valence-corrected chi connectivity index (χ4v) is 5.21. The summed E-state index contributed by atoms with van der Waals surface area (Å²) < 4.78 is 1.21. The predicted octanol–water partition coefficient (Wildman–Crippen LogP) is 3.34. The van der Waals surface area contributed by atoms with Gasteiger partial charge in [0.25, 0.3) is 5.56 Å². The molecule has 0 bridgehead atoms. The van der Waals surface area contributed by atoms with E-state index in [1.165, 1.54) is 47.5 Å². The topological polar surface area (TPSA) is 64.2 Å². The van der Waals surface area contributed by atoms with E-state index in [9.17, 15) is 4.79 Å². The first-order valence-corrected chi connectivity index (χ1v) is 10.7. The number of nitrogens with zero attached hydrogens (tertiary/aromatic N) is 3. The van der Waals surface area contributed by atoms with Crippen molar-refractivity contribution in [2.24, 2.45) is 0 Å². The van der Waals surface area contributed by atoms with Gasteiger partial charge in [-0.1, -0.05) is 41.6 Å². The third-order valence-corrected chi connectivity index (χ3v) is 6.61. The molecule has 0 unspecified atom stereocenters. The lowest BCUT2D eigenvalue weighted by atomic mass is 10.1. The second kappa shape index (κ2) is 7.42. The van der Waals surface area contributed by atoms with Gasteiger partial charge in [-0.05, 0) is 38.4 Å². The molecule has 26 heavy (non-hydrogen) atoms. The zero-order chi connectivity index (χ0) is 18.1. The lowest BCUT2D eigenvalue weighted by Gasteiger charge is -2.14. The van der Waals surface area contributed by atoms with Crippen molar-refractivity contribution in [3.8, 4) is 11.1 Å². The Kier molecular flexibility index (Phi) is 5.02. The number of aromatic nitrogens is 2. The summed E-state index contributed by atoms with van der Waals surface area (Å²) in [5.41, 5.74) is 2.96. The Balaban J connectivity index is 1.62. The molecule has 1 fully saturated rings. The van der Waals surface area contributed by atoms with E-state index in [0.29, 0.717) is 10.5 Å². The van der Waals surface area contributed by atoms with Crippen LogP contribution in [0.1, 0.15) is 18.4 Å². The van der Waals surface area contributed by atoms with Crippen LogP contribution in [0.25, 0.3) is 21.3 Å². The van der Waals surface area contributed by atoms with Crippen molar-refractivity contribution in [2.75, 3.05) is 31.2 Å². The first-order valence-electron chi connectivity index (χ1n) is 8.85. The van der Waals surface area contributed by atoms with Gasteiger partial charge in [0.1, 0.15) is 4.83 Å². The quantitative estimate of drug-likeness (QED) is 0.414. The minimum absolute atomic E-state index is 0.171. The number of hydrogen-bond donors (Lipinski definition) is 1. The number of thioether (sulfide) groups is 1. The standard InChI is InChI=1S/C19H22N4OS2/c1-13-4-6-14(7-5-13)15-12-26-17-16(15)18(24)23(20)19(21-17)25-11-10-22-8-2-3-9-22/h4-7,12H,2-3,8-11,20H2,1H3. The molecule has 3 heterocycles. The minimum atomic E-state index is -0.171. The van der Waals surface area contributed by atoms with Crippen LogP contribution in [0.2, 0.25) is 0 Å². The molecule has 0 radical (unpaired) electrons. The summed E-state index contributed by atoms with van der Waals surface area (Å²) in [6, 6.07) is 8.18. The molecule has 0 aliphatic carbocycles. The maximum atomic E-state index is 12.9. The number of hydrogen-bond acceptors (Lipinski definition) is 6. The van der Waals surface area contributed by atoms with E-state index in [1.54, 1.807) is 11.8 Å². The summed E-state index contributed by atoms with van der Waals surface area (Å²) in [6.07, 6.45) is 2.57. The van der Waals surface area contributed by atoms with Crippen LogP contribution in [0, 0.1) is 6.92 Å². The van der Waals surface area contributed by atoms with Gasteiger partial charge in [-0.25, -0.2) is 9.66 Å². The van der Waals surface area contributed by atoms with Crippen LogP contribution < -0.4 is 11.4 Å². The lowest BCUT2D eigenvalue weighted by Crippen LogP contribution is -2.30. The SMILES string of the molecule is Cc1ccc(-c2csc3nc(SCCN4CCCC4)n(N)c(=O)c23)cc1. The van der Waals surface area contributed by atoms with Crippen molar-refractivity contribution in [3.63, 3.8) is 0 Å². The molecule has 1 aliphatic rings. The third kappa shape index (κ3) is 3.39. The van der Waals surface area contributed by atoms with Gasteiger partial charge in [0, 0.05) is 23.2 Å². The van der Waals surface area contributed by atoms with E-state index in [-0.39, 0.29) is 5.56 Å². The summed E-state index contributed by atoms with van der Waals surface area (Å²) in [5, 5.41) is 3.21. The van der Waals surface area contributed by atoms with E-state index in [1.807, 2.05) is 17.5 Å². The smallest absolute Gasteiger partial charge is 0.282 e. The summed E-state index contributed by atoms with van der Waals surface area (Å²) >= 11 is 3.07. The van der Waals surface area contributed by atoms with E-state index >= 15 is 0 Å². The van der Waals surface area contributed by atoms with E-state index in [4.69, 9.17) is 5.84 Å². The largest absolute Gasteiger partial charge is 0.334 e. The first kappa shape index (κ1) is 17.6. The van der Waals surface area contributed by atoms with Gasteiger partial charge in [-0.15, -0.1) is 11.3 Å². The van der Waals surface area contributed by atoms with Crippen molar-refractivity contribution in [3.05, 3.63) is 45.6 Å². The minimum Gasteiger partial charge on any atom is -0.334 e. The number of aryl methyl sites for hydroxylation is 1. The highest BCUT2D eigenvalue weighted by atomic mass is 32.2. The summed E-state index contributed by atoms with van der Waals surface area (Å²) in [6.45, 7) is 5.41. The monoisotopic (exact) mass is 386 g/mol. The average molecular weight is 387 g/mol. The third-order valence-electron chi connectivity index (χ3n) is 4.81. The fraction of sp³-hybridized carbons (Fsp3) is 0.368. The second-order valence-corrected chi connectivity index (χ2v) is 8.58. The maximum Gasteiger partial charge on any atom is 0.282 e. The molecule has 2 aromatic heterocycles. The number of nitrogen functional groups attached to an aromatic ring is 1. The van der Waals surface area contributed by atoms with Crippen LogP contribution in [0.5, 0.6) is 0 Å². The van der Waals surface area contributed by atoms with Crippen molar-refractivity contribution in [1.29, 1.82) is 0 Å². The van der Waals surface area contributed by atoms with Crippen LogP contribution in [0.3, 0.4) is 0 Å². The maximum absolute atomic E-state index is 12.9. The predicted molar refractivity (Wildman–Crippen MR) is 111 cm³/mol. The molecular formula is C19H22N4OS2. The highest BCUT2D eigenvalue weighted by molar-refractivity contribution is 7.99. The van der Waals surface area contributed by atoms with Crippen LogP contribution in [-0.4, -0.2) is 39.9 Å². The van der Waals surface area contributed by atoms with Gasteiger partial charge in [0.15, 0.2) is 5.16 Å². The molecular weight excluding hydrogens is 364 g/mol. The lowest BCUT2D eigenvalue weighted by molar-refractivity contribution is 0.362. The molecule has 136 valence electrons. The second-order valence-electron chi connectivity index (χ2n) is 6.66. The van der Waals surface area contributed by atoms with Gasteiger partial charge >= 0.3 is 0 Å². The number of rotatable bonds is 5. The molecule has 1 aromatic carbocycles. The Hall–Kier alpha value is -1.83. The number of likely N-dealkylation sites (tertiary alicyclic amines) is 1. The average Bonchev–Trinajstić information content (AvgIpc) is 3.30. The van der Waals surface area contributed by atoms with E-state index in [0.717, 1.165) is 28.3 Å². The van der Waals surface area contributed by atoms with Crippen molar-refractivity contribution >= 4 is 33.3 Å². The molecule has 5 nitrogen and oxygen atoms in total. The number of thiophene rings is 1. The van der Waals surface area contributed by atoms with E-state index in [2.05, 4.69) is 28.9 Å². The zero-order valence-corrected chi connectivity index (χ0v) is 16.4. The number of nitrogens with two attached hydrogens (primary N) is 1. The van der Waals surface area contributed by atoms with Gasteiger partial charge in [-0.3, -0.25) is 4.79 Å². The molecule has 0 saturated carbocycles. The molecule has 0 atom stereocenters. The summed E-state index contributed by atoms with van der Waals surface area (Å²) in [4.78, 5) is 20.7. The Morgan fingerprint density at radius 3 is 2.69 bits per heavy atom. The molecule has 7 heteroatoms. The van der Waals surface area contributed by atoms with E-state index < -0.39 is 0 Å². The van der Waals surface area contributed by atoms with Crippen LogP contribution in [0.4, 0.5) is 0 Å². The Morgan fingerprint density at radius 1 is 1.23 bits per heavy atom. The van der Waals surface area contributed by atoms with Crippen LogP contribution in [-0.2, 0) is 0 Å². The molecule has 0 spiro atoms. The molecule has 2 N–H and O–H groups in total. The highest BCUT2D eigenvalue weighted by Crippen LogP contribution is 2.32. The van der Waals surface area contributed by atoms with Gasteiger partial charge in [-0.2, -0.15) is 0 Å². The molecule has 3 aromatic rings. The number of benzene rings is 1. The van der Waals surface area contributed by atoms with Crippen LogP contribution in [0.15, 0.2) is 39.6 Å². The Morgan fingerprint density at radius 2 is 1.96 bits per heavy atom. The van der Waals surface area contributed by atoms with Crippen molar-refractivity contribution in [2.45, 2.75) is 24.9 Å².